The maximum absolute atomic E-state index is 12.8. The van der Waals surface area contributed by atoms with Crippen molar-refractivity contribution in [2.75, 3.05) is 0 Å². The van der Waals surface area contributed by atoms with Crippen LogP contribution in [0.5, 0.6) is 17.5 Å². The Kier molecular flexibility index (Phi) is 5.40. The standard InChI is InChI=1S/C18H13F6N3O2/c1-27-16(9-14(26-27)18(22,23)24)28-10-12-5-3-7-15(25-12)29-13-6-2-4-11(8-13)17(19,20)21/h2-9H,10H2,1H3. The number of hydrogen-bond acceptors (Lipinski definition) is 4. The number of hydrogen-bond donors (Lipinski definition) is 0. The molecule has 2 aromatic heterocycles. The largest absolute Gasteiger partial charge is 0.471 e. The van der Waals surface area contributed by atoms with E-state index in [0.717, 1.165) is 22.9 Å². The Bertz CT molecular complexity index is 998. The Balaban J connectivity index is 1.70. The lowest BCUT2D eigenvalue weighted by Gasteiger charge is -2.10. The first-order chi connectivity index (χ1) is 13.5. The second kappa shape index (κ2) is 7.64. The molecule has 2 heterocycles. The summed E-state index contributed by atoms with van der Waals surface area (Å²) in [5.74, 6) is -0.179. The molecule has 0 saturated heterocycles. The first kappa shape index (κ1) is 20.5. The summed E-state index contributed by atoms with van der Waals surface area (Å²) in [5.41, 5.74) is -1.67. The monoisotopic (exact) mass is 417 g/mol. The van der Waals surface area contributed by atoms with Crippen LogP contribution in [-0.2, 0) is 26.0 Å². The van der Waals surface area contributed by atoms with E-state index in [1.807, 2.05) is 0 Å². The summed E-state index contributed by atoms with van der Waals surface area (Å²) >= 11 is 0. The molecule has 0 radical (unpaired) electrons. The summed E-state index contributed by atoms with van der Waals surface area (Å²) in [4.78, 5) is 4.08. The van der Waals surface area contributed by atoms with Gasteiger partial charge in [-0.3, -0.25) is 0 Å². The van der Waals surface area contributed by atoms with Crippen LogP contribution in [0.2, 0.25) is 0 Å². The van der Waals surface area contributed by atoms with Gasteiger partial charge in [0, 0.05) is 19.2 Å². The highest BCUT2D eigenvalue weighted by Gasteiger charge is 2.35. The SMILES string of the molecule is Cn1nc(C(F)(F)F)cc1OCc1cccc(Oc2cccc(C(F)(F)F)c2)n1. The molecule has 1 aromatic carbocycles. The highest BCUT2D eigenvalue weighted by Crippen LogP contribution is 2.33. The third-order valence-corrected chi connectivity index (χ3v) is 3.66. The Morgan fingerprint density at radius 3 is 2.31 bits per heavy atom. The topological polar surface area (TPSA) is 49.2 Å². The van der Waals surface area contributed by atoms with Gasteiger partial charge < -0.3 is 9.47 Å². The van der Waals surface area contributed by atoms with E-state index in [0.29, 0.717) is 5.69 Å². The molecule has 0 atom stereocenters. The minimum atomic E-state index is -4.60. The van der Waals surface area contributed by atoms with Crippen molar-refractivity contribution in [3.63, 3.8) is 0 Å². The van der Waals surface area contributed by atoms with Crippen LogP contribution < -0.4 is 9.47 Å². The lowest BCUT2D eigenvalue weighted by Crippen LogP contribution is -2.06. The van der Waals surface area contributed by atoms with Gasteiger partial charge in [0.05, 0.1) is 11.3 Å². The van der Waals surface area contributed by atoms with Crippen molar-refractivity contribution in [1.29, 1.82) is 0 Å². The zero-order chi connectivity index (χ0) is 21.2. The van der Waals surface area contributed by atoms with Gasteiger partial charge in [0.25, 0.3) is 0 Å². The number of benzene rings is 1. The van der Waals surface area contributed by atoms with Crippen molar-refractivity contribution < 1.29 is 35.8 Å². The molecule has 0 saturated carbocycles. The minimum Gasteiger partial charge on any atom is -0.471 e. The van der Waals surface area contributed by atoms with E-state index >= 15 is 0 Å². The molecule has 0 spiro atoms. The number of pyridine rings is 1. The van der Waals surface area contributed by atoms with Gasteiger partial charge in [0.2, 0.25) is 11.8 Å². The fourth-order valence-corrected chi connectivity index (χ4v) is 2.32. The maximum atomic E-state index is 12.8. The van der Waals surface area contributed by atoms with Crippen LogP contribution in [0.3, 0.4) is 0 Å². The summed E-state index contributed by atoms with van der Waals surface area (Å²) in [7, 11) is 1.30. The van der Waals surface area contributed by atoms with Crippen LogP contribution in [0.25, 0.3) is 0 Å². The molecule has 5 nitrogen and oxygen atoms in total. The number of ether oxygens (including phenoxy) is 2. The van der Waals surface area contributed by atoms with E-state index in [1.54, 1.807) is 0 Å². The second-order valence-electron chi connectivity index (χ2n) is 5.87. The Morgan fingerprint density at radius 1 is 0.931 bits per heavy atom. The third kappa shape index (κ3) is 5.18. The minimum absolute atomic E-state index is 0.00594. The van der Waals surface area contributed by atoms with E-state index in [-0.39, 0.29) is 24.1 Å². The van der Waals surface area contributed by atoms with Crippen molar-refractivity contribution in [2.24, 2.45) is 7.05 Å². The van der Waals surface area contributed by atoms with Gasteiger partial charge in [-0.25, -0.2) is 9.67 Å². The van der Waals surface area contributed by atoms with Crippen LogP contribution >= 0.6 is 0 Å². The van der Waals surface area contributed by atoms with Crippen molar-refractivity contribution >= 4 is 0 Å². The molecule has 154 valence electrons. The quantitative estimate of drug-likeness (QED) is 0.534. The van der Waals surface area contributed by atoms with E-state index < -0.39 is 23.6 Å². The van der Waals surface area contributed by atoms with Crippen molar-refractivity contribution in [2.45, 2.75) is 19.0 Å². The van der Waals surface area contributed by atoms with Gasteiger partial charge in [-0.2, -0.15) is 31.4 Å². The van der Waals surface area contributed by atoms with Gasteiger partial charge in [-0.15, -0.1) is 0 Å². The molecule has 3 aromatic rings. The number of rotatable bonds is 5. The average molecular weight is 417 g/mol. The van der Waals surface area contributed by atoms with Crippen LogP contribution in [-0.4, -0.2) is 14.8 Å². The highest BCUT2D eigenvalue weighted by atomic mass is 19.4. The number of halogens is 6. The Hall–Kier alpha value is -3.24. The predicted molar refractivity (Wildman–Crippen MR) is 88.3 cm³/mol. The molecular formula is C18H13F6N3O2. The number of aryl methyl sites for hydroxylation is 1. The summed E-state index contributed by atoms with van der Waals surface area (Å²) in [6.45, 7) is -0.198. The van der Waals surface area contributed by atoms with Crippen LogP contribution in [0.1, 0.15) is 17.0 Å². The maximum Gasteiger partial charge on any atom is 0.435 e. The van der Waals surface area contributed by atoms with E-state index in [9.17, 15) is 26.3 Å². The summed E-state index contributed by atoms with van der Waals surface area (Å²) in [6.07, 6.45) is -9.11. The summed E-state index contributed by atoms with van der Waals surface area (Å²) in [6, 6.07) is 9.52. The molecule has 0 aliphatic carbocycles. The zero-order valence-corrected chi connectivity index (χ0v) is 14.8. The molecular weight excluding hydrogens is 404 g/mol. The first-order valence-corrected chi connectivity index (χ1v) is 8.07. The smallest absolute Gasteiger partial charge is 0.435 e. The lowest BCUT2D eigenvalue weighted by molar-refractivity contribution is -0.141. The molecule has 0 aliphatic rings. The Labute approximate surface area is 160 Å². The highest BCUT2D eigenvalue weighted by molar-refractivity contribution is 5.33. The molecule has 0 bridgehead atoms. The van der Waals surface area contributed by atoms with E-state index in [4.69, 9.17) is 9.47 Å². The second-order valence-corrected chi connectivity index (χ2v) is 5.87. The normalized spacial score (nSPS) is 12.1. The average Bonchev–Trinajstić information content (AvgIpc) is 3.01. The zero-order valence-electron chi connectivity index (χ0n) is 14.8. The molecule has 0 fully saturated rings. The molecule has 0 aliphatic heterocycles. The van der Waals surface area contributed by atoms with Crippen LogP contribution in [0, 0.1) is 0 Å². The third-order valence-electron chi connectivity index (χ3n) is 3.66. The van der Waals surface area contributed by atoms with E-state index in [1.165, 1.54) is 37.4 Å². The number of nitrogens with zero attached hydrogens (tertiary/aromatic N) is 3. The predicted octanol–water partition coefficient (Wildman–Crippen LogP) is 5.22. The molecule has 29 heavy (non-hydrogen) atoms. The van der Waals surface area contributed by atoms with Crippen LogP contribution in [0.15, 0.2) is 48.5 Å². The summed E-state index contributed by atoms with van der Waals surface area (Å²) < 4.78 is 87.9. The lowest BCUT2D eigenvalue weighted by atomic mass is 10.2. The molecule has 3 rings (SSSR count). The van der Waals surface area contributed by atoms with Crippen molar-refractivity contribution in [3.8, 4) is 17.5 Å². The van der Waals surface area contributed by atoms with Crippen LogP contribution in [0.4, 0.5) is 26.3 Å². The molecule has 11 heteroatoms. The molecule has 0 unspecified atom stereocenters. The van der Waals surface area contributed by atoms with Gasteiger partial charge in [0.15, 0.2) is 5.69 Å². The van der Waals surface area contributed by atoms with Gasteiger partial charge >= 0.3 is 12.4 Å². The number of aromatic nitrogens is 3. The first-order valence-electron chi connectivity index (χ1n) is 8.07. The molecule has 0 amide bonds. The van der Waals surface area contributed by atoms with Gasteiger partial charge in [-0.1, -0.05) is 12.1 Å². The van der Waals surface area contributed by atoms with Crippen molar-refractivity contribution in [3.05, 3.63) is 65.5 Å². The van der Waals surface area contributed by atoms with Gasteiger partial charge in [-0.05, 0) is 24.3 Å². The fraction of sp³-hybridized carbons (Fsp3) is 0.222. The van der Waals surface area contributed by atoms with Gasteiger partial charge in [0.1, 0.15) is 12.4 Å². The summed E-state index contributed by atoms with van der Waals surface area (Å²) in [5, 5.41) is 3.33. The number of alkyl halides is 6. The Morgan fingerprint density at radius 2 is 1.66 bits per heavy atom. The van der Waals surface area contributed by atoms with E-state index in [2.05, 4.69) is 10.1 Å². The van der Waals surface area contributed by atoms with Crippen molar-refractivity contribution in [1.82, 2.24) is 14.8 Å². The fourth-order valence-electron chi connectivity index (χ4n) is 2.32. The molecule has 0 N–H and O–H groups in total.